The van der Waals surface area contributed by atoms with Crippen molar-refractivity contribution >= 4 is 27.5 Å². The van der Waals surface area contributed by atoms with Crippen molar-refractivity contribution in [3.8, 4) is 0 Å². The lowest BCUT2D eigenvalue weighted by Gasteiger charge is -2.05. The second-order valence-corrected chi connectivity index (χ2v) is 3.84. The normalized spacial score (nSPS) is 19.9. The summed E-state index contributed by atoms with van der Waals surface area (Å²) in [6.07, 6.45) is -1.04. The third-order valence-electron chi connectivity index (χ3n) is 2.15. The number of amides is 1. The average molecular weight is 242 g/mol. The first-order chi connectivity index (χ1) is 6.11. The summed E-state index contributed by atoms with van der Waals surface area (Å²) >= 11 is 3.35. The first kappa shape index (κ1) is 8.72. The number of hydrogen-bond donors (Lipinski definition) is 2. The summed E-state index contributed by atoms with van der Waals surface area (Å²) in [5.41, 5.74) is 2.34. The summed E-state index contributed by atoms with van der Waals surface area (Å²) < 4.78 is 0.802. The Balaban J connectivity index is 2.66. The molecule has 0 radical (unpaired) electrons. The molecule has 2 N–H and O–H groups in total. The fourth-order valence-corrected chi connectivity index (χ4v) is 1.97. The summed E-state index contributed by atoms with van der Waals surface area (Å²) in [6, 6.07) is 3.69. The Morgan fingerprint density at radius 1 is 1.54 bits per heavy atom. The Morgan fingerprint density at radius 3 is 2.92 bits per heavy atom. The molecular formula is C9H8BrNO2. The standard InChI is InChI=1S/C9H8BrNO2/c1-4-2-3-5-6(7(4)10)8(12)9(13)11-5/h2-3,8,12H,1H3,(H,11,13). The molecule has 1 aromatic carbocycles. The van der Waals surface area contributed by atoms with Gasteiger partial charge in [0, 0.05) is 15.7 Å². The van der Waals surface area contributed by atoms with Gasteiger partial charge in [0.05, 0.1) is 0 Å². The van der Waals surface area contributed by atoms with Crippen molar-refractivity contribution in [2.45, 2.75) is 13.0 Å². The molecule has 1 aromatic rings. The molecule has 2 rings (SSSR count). The molecule has 0 saturated carbocycles. The van der Waals surface area contributed by atoms with Crippen molar-refractivity contribution in [2.75, 3.05) is 5.32 Å². The molecule has 0 aromatic heterocycles. The molecule has 3 nitrogen and oxygen atoms in total. The van der Waals surface area contributed by atoms with Crippen molar-refractivity contribution < 1.29 is 9.90 Å². The number of carbonyl (C=O) groups excluding carboxylic acids is 1. The minimum Gasteiger partial charge on any atom is -0.378 e. The number of halogens is 1. The first-order valence-electron chi connectivity index (χ1n) is 3.89. The third kappa shape index (κ3) is 1.17. The Labute approximate surface area is 83.9 Å². The van der Waals surface area contributed by atoms with Gasteiger partial charge in [0.15, 0.2) is 6.10 Å². The molecule has 68 valence electrons. The molecule has 0 bridgehead atoms. The van der Waals surface area contributed by atoms with E-state index in [-0.39, 0.29) is 5.91 Å². The summed E-state index contributed by atoms with van der Waals surface area (Å²) in [5.74, 6) is -0.360. The van der Waals surface area contributed by atoms with Crippen LogP contribution in [0.15, 0.2) is 16.6 Å². The van der Waals surface area contributed by atoms with Crippen molar-refractivity contribution in [1.29, 1.82) is 0 Å². The predicted octanol–water partition coefficient (Wildman–Crippen LogP) is 1.74. The van der Waals surface area contributed by atoms with Gasteiger partial charge in [0.1, 0.15) is 0 Å². The van der Waals surface area contributed by atoms with Gasteiger partial charge in [0.2, 0.25) is 0 Å². The van der Waals surface area contributed by atoms with Crippen LogP contribution in [-0.4, -0.2) is 11.0 Å². The van der Waals surface area contributed by atoms with Gasteiger partial charge in [-0.25, -0.2) is 0 Å². The van der Waals surface area contributed by atoms with Crippen LogP contribution in [0.25, 0.3) is 0 Å². The van der Waals surface area contributed by atoms with E-state index in [0.29, 0.717) is 11.3 Å². The number of nitrogens with one attached hydrogen (secondary N) is 1. The zero-order valence-electron chi connectivity index (χ0n) is 6.97. The predicted molar refractivity (Wildman–Crippen MR) is 52.5 cm³/mol. The number of rotatable bonds is 0. The van der Waals surface area contributed by atoms with Crippen molar-refractivity contribution in [3.05, 3.63) is 27.7 Å². The number of fused-ring (bicyclic) bond motifs is 1. The Hall–Kier alpha value is -0.870. The molecular weight excluding hydrogens is 234 g/mol. The Bertz CT molecular complexity index is 389. The number of aliphatic hydroxyl groups excluding tert-OH is 1. The highest BCUT2D eigenvalue weighted by molar-refractivity contribution is 9.10. The number of aliphatic hydroxyl groups is 1. The molecule has 0 saturated heterocycles. The first-order valence-corrected chi connectivity index (χ1v) is 4.68. The van der Waals surface area contributed by atoms with Crippen molar-refractivity contribution in [2.24, 2.45) is 0 Å². The van der Waals surface area contributed by atoms with Crippen LogP contribution in [-0.2, 0) is 4.79 Å². The molecule has 0 aliphatic carbocycles. The van der Waals surface area contributed by atoms with Crippen LogP contribution >= 0.6 is 15.9 Å². The van der Waals surface area contributed by atoms with Gasteiger partial charge in [-0.15, -0.1) is 0 Å². The number of benzene rings is 1. The van der Waals surface area contributed by atoms with Gasteiger partial charge < -0.3 is 10.4 Å². The molecule has 1 aliphatic heterocycles. The fourth-order valence-electron chi connectivity index (χ4n) is 1.41. The summed E-state index contributed by atoms with van der Waals surface area (Å²) in [4.78, 5) is 11.1. The van der Waals surface area contributed by atoms with E-state index in [4.69, 9.17) is 0 Å². The SMILES string of the molecule is Cc1ccc2c(c1Br)C(O)C(=O)N2. The van der Waals surface area contributed by atoms with Crippen LogP contribution in [0.4, 0.5) is 5.69 Å². The quantitative estimate of drug-likeness (QED) is 0.728. The van der Waals surface area contributed by atoms with E-state index in [2.05, 4.69) is 21.2 Å². The van der Waals surface area contributed by atoms with E-state index in [1.165, 1.54) is 0 Å². The molecule has 1 aliphatic rings. The van der Waals surface area contributed by atoms with E-state index >= 15 is 0 Å². The highest BCUT2D eigenvalue weighted by Crippen LogP contribution is 2.37. The molecule has 0 spiro atoms. The highest BCUT2D eigenvalue weighted by Gasteiger charge is 2.30. The van der Waals surface area contributed by atoms with Crippen molar-refractivity contribution in [3.63, 3.8) is 0 Å². The monoisotopic (exact) mass is 241 g/mol. The van der Waals surface area contributed by atoms with Crippen LogP contribution in [0.2, 0.25) is 0 Å². The average Bonchev–Trinajstić information content (AvgIpc) is 2.37. The largest absolute Gasteiger partial charge is 0.378 e. The van der Waals surface area contributed by atoms with Gasteiger partial charge in [-0.1, -0.05) is 22.0 Å². The second-order valence-electron chi connectivity index (χ2n) is 3.05. The summed E-state index contributed by atoms with van der Waals surface area (Å²) in [6.45, 7) is 1.92. The number of aryl methyl sites for hydroxylation is 1. The van der Waals surface area contributed by atoms with E-state index in [1.54, 1.807) is 6.07 Å². The number of anilines is 1. The minimum absolute atomic E-state index is 0.360. The fraction of sp³-hybridized carbons (Fsp3) is 0.222. The lowest BCUT2D eigenvalue weighted by Crippen LogP contribution is -2.10. The lowest BCUT2D eigenvalue weighted by molar-refractivity contribution is -0.123. The minimum atomic E-state index is -1.04. The molecule has 1 atom stereocenters. The van der Waals surface area contributed by atoms with Gasteiger partial charge >= 0.3 is 0 Å². The Kier molecular flexibility index (Phi) is 1.89. The molecule has 1 amide bonds. The number of hydrogen-bond acceptors (Lipinski definition) is 2. The van der Waals surface area contributed by atoms with Gasteiger partial charge in [-0.3, -0.25) is 4.79 Å². The zero-order chi connectivity index (χ0) is 9.59. The van der Waals surface area contributed by atoms with Crippen LogP contribution in [0.5, 0.6) is 0 Å². The maximum atomic E-state index is 11.1. The van der Waals surface area contributed by atoms with E-state index in [1.807, 2.05) is 13.0 Å². The van der Waals surface area contributed by atoms with Crippen LogP contribution in [0, 0.1) is 6.92 Å². The smallest absolute Gasteiger partial charge is 0.257 e. The maximum Gasteiger partial charge on any atom is 0.257 e. The highest BCUT2D eigenvalue weighted by atomic mass is 79.9. The van der Waals surface area contributed by atoms with Crippen molar-refractivity contribution in [1.82, 2.24) is 0 Å². The second kappa shape index (κ2) is 2.82. The lowest BCUT2D eigenvalue weighted by atomic mass is 10.1. The van der Waals surface area contributed by atoms with Gasteiger partial charge in [0.25, 0.3) is 5.91 Å². The molecule has 13 heavy (non-hydrogen) atoms. The summed E-state index contributed by atoms with van der Waals surface area (Å²) in [5, 5.41) is 12.1. The zero-order valence-corrected chi connectivity index (χ0v) is 8.55. The van der Waals surface area contributed by atoms with Crippen LogP contribution in [0.3, 0.4) is 0 Å². The molecule has 0 fully saturated rings. The molecule has 4 heteroatoms. The molecule has 1 unspecified atom stereocenters. The maximum absolute atomic E-state index is 11.1. The van der Waals surface area contributed by atoms with E-state index < -0.39 is 6.10 Å². The summed E-state index contributed by atoms with van der Waals surface area (Å²) in [7, 11) is 0. The molecule has 1 heterocycles. The topological polar surface area (TPSA) is 49.3 Å². The van der Waals surface area contributed by atoms with Gasteiger partial charge in [-0.05, 0) is 18.6 Å². The van der Waals surface area contributed by atoms with Crippen LogP contribution in [0.1, 0.15) is 17.2 Å². The number of carbonyl (C=O) groups is 1. The van der Waals surface area contributed by atoms with Crippen LogP contribution < -0.4 is 5.32 Å². The Morgan fingerprint density at radius 2 is 2.23 bits per heavy atom. The third-order valence-corrected chi connectivity index (χ3v) is 3.21. The van der Waals surface area contributed by atoms with Gasteiger partial charge in [-0.2, -0.15) is 0 Å². The van der Waals surface area contributed by atoms with E-state index in [0.717, 1.165) is 10.0 Å². The van der Waals surface area contributed by atoms with E-state index in [9.17, 15) is 9.90 Å².